The highest BCUT2D eigenvalue weighted by molar-refractivity contribution is 6.42. The molecule has 3 nitrogen and oxygen atoms in total. The quantitative estimate of drug-likeness (QED) is 0.791. The zero-order chi connectivity index (χ0) is 15.4. The van der Waals surface area contributed by atoms with Crippen molar-refractivity contribution in [2.24, 2.45) is 5.92 Å². The largest absolute Gasteiger partial charge is 0.339 e. The summed E-state index contributed by atoms with van der Waals surface area (Å²) >= 11 is 11.8. The summed E-state index contributed by atoms with van der Waals surface area (Å²) in [5, 5.41) is 1.02. The van der Waals surface area contributed by atoms with Gasteiger partial charge < -0.3 is 9.80 Å². The highest BCUT2D eigenvalue weighted by atomic mass is 35.5. The van der Waals surface area contributed by atoms with Gasteiger partial charge in [-0.05, 0) is 50.2 Å². The van der Waals surface area contributed by atoms with Gasteiger partial charge in [-0.3, -0.25) is 4.79 Å². The summed E-state index contributed by atoms with van der Waals surface area (Å²) in [6.45, 7) is 2.70. The molecular formula is C16H20Cl2N2O. The SMILES string of the molecule is CN(C)CC1CCN(C(=O)C=Cc2ccc(Cl)c(Cl)c2)C1. The number of benzene rings is 1. The Labute approximate surface area is 136 Å². The van der Waals surface area contributed by atoms with Gasteiger partial charge in [0.2, 0.25) is 5.91 Å². The van der Waals surface area contributed by atoms with Crippen molar-refractivity contribution in [3.63, 3.8) is 0 Å². The molecule has 5 heteroatoms. The van der Waals surface area contributed by atoms with Gasteiger partial charge in [-0.15, -0.1) is 0 Å². The molecule has 0 aromatic heterocycles. The van der Waals surface area contributed by atoms with Crippen LogP contribution in [0.4, 0.5) is 0 Å². The van der Waals surface area contributed by atoms with Gasteiger partial charge in [0, 0.05) is 25.7 Å². The van der Waals surface area contributed by atoms with Crippen molar-refractivity contribution < 1.29 is 4.79 Å². The molecule has 0 N–H and O–H groups in total. The van der Waals surface area contributed by atoms with E-state index < -0.39 is 0 Å². The van der Waals surface area contributed by atoms with E-state index in [1.165, 1.54) is 0 Å². The topological polar surface area (TPSA) is 23.6 Å². The van der Waals surface area contributed by atoms with Crippen LogP contribution >= 0.6 is 23.2 Å². The Kier molecular flexibility index (Phi) is 5.68. The van der Waals surface area contributed by atoms with Gasteiger partial charge in [0.1, 0.15) is 0 Å². The molecule has 21 heavy (non-hydrogen) atoms. The Bertz CT molecular complexity index is 543. The Morgan fingerprint density at radius 3 is 2.81 bits per heavy atom. The van der Waals surface area contributed by atoms with Crippen molar-refractivity contribution >= 4 is 35.2 Å². The first kappa shape index (κ1) is 16.3. The second-order valence-corrected chi connectivity index (χ2v) is 6.52. The summed E-state index contributed by atoms with van der Waals surface area (Å²) in [6.07, 6.45) is 4.46. The minimum atomic E-state index is 0.0577. The molecule has 1 fully saturated rings. The van der Waals surface area contributed by atoms with E-state index in [4.69, 9.17) is 23.2 Å². The number of hydrogen-bond donors (Lipinski definition) is 0. The maximum atomic E-state index is 12.2. The number of carbonyl (C=O) groups excluding carboxylic acids is 1. The maximum Gasteiger partial charge on any atom is 0.246 e. The molecule has 2 rings (SSSR count). The Morgan fingerprint density at radius 2 is 2.14 bits per heavy atom. The van der Waals surface area contributed by atoms with E-state index in [1.54, 1.807) is 24.3 Å². The normalized spacial score (nSPS) is 18.9. The summed E-state index contributed by atoms with van der Waals surface area (Å²) in [7, 11) is 4.13. The van der Waals surface area contributed by atoms with Crippen molar-refractivity contribution in [2.75, 3.05) is 33.7 Å². The maximum absolute atomic E-state index is 12.2. The molecule has 0 spiro atoms. The van der Waals surface area contributed by atoms with Gasteiger partial charge >= 0.3 is 0 Å². The second-order valence-electron chi connectivity index (χ2n) is 5.71. The number of rotatable bonds is 4. The molecule has 0 saturated carbocycles. The van der Waals surface area contributed by atoms with Crippen molar-refractivity contribution in [1.29, 1.82) is 0 Å². The molecule has 1 aromatic rings. The molecule has 1 amide bonds. The highest BCUT2D eigenvalue weighted by Gasteiger charge is 2.25. The Balaban J connectivity index is 1.92. The van der Waals surface area contributed by atoms with Crippen LogP contribution in [0.2, 0.25) is 10.0 Å². The van der Waals surface area contributed by atoms with E-state index in [2.05, 4.69) is 19.0 Å². The smallest absolute Gasteiger partial charge is 0.246 e. The van der Waals surface area contributed by atoms with Crippen LogP contribution in [0.15, 0.2) is 24.3 Å². The van der Waals surface area contributed by atoms with Crippen LogP contribution in [0.25, 0.3) is 6.08 Å². The fraction of sp³-hybridized carbons (Fsp3) is 0.438. The van der Waals surface area contributed by atoms with E-state index in [-0.39, 0.29) is 5.91 Å². The van der Waals surface area contributed by atoms with Gasteiger partial charge in [0.25, 0.3) is 0 Å². The summed E-state index contributed by atoms with van der Waals surface area (Å²) < 4.78 is 0. The lowest BCUT2D eigenvalue weighted by molar-refractivity contribution is -0.125. The average molecular weight is 327 g/mol. The molecular weight excluding hydrogens is 307 g/mol. The number of nitrogens with zero attached hydrogens (tertiary/aromatic N) is 2. The first-order valence-corrected chi connectivity index (χ1v) is 7.78. The van der Waals surface area contributed by atoms with E-state index in [9.17, 15) is 4.79 Å². The minimum absolute atomic E-state index is 0.0577. The molecule has 0 aliphatic carbocycles. The zero-order valence-electron chi connectivity index (χ0n) is 12.4. The van der Waals surface area contributed by atoms with E-state index in [0.29, 0.717) is 16.0 Å². The molecule has 1 aromatic carbocycles. The molecule has 1 atom stereocenters. The molecule has 1 saturated heterocycles. The summed E-state index contributed by atoms with van der Waals surface area (Å²) in [4.78, 5) is 16.2. The van der Waals surface area contributed by atoms with Gasteiger partial charge in [-0.2, -0.15) is 0 Å². The molecule has 0 radical (unpaired) electrons. The van der Waals surface area contributed by atoms with E-state index >= 15 is 0 Å². The van der Waals surface area contributed by atoms with Crippen LogP contribution in [0.1, 0.15) is 12.0 Å². The summed E-state index contributed by atoms with van der Waals surface area (Å²) in [5.41, 5.74) is 0.877. The number of hydrogen-bond acceptors (Lipinski definition) is 2. The predicted octanol–water partition coefficient (Wildman–Crippen LogP) is 3.42. The lowest BCUT2D eigenvalue weighted by atomic mass is 10.1. The lowest BCUT2D eigenvalue weighted by Crippen LogP contribution is -2.29. The molecule has 1 heterocycles. The molecule has 114 valence electrons. The summed E-state index contributed by atoms with van der Waals surface area (Å²) in [5.74, 6) is 0.629. The fourth-order valence-electron chi connectivity index (χ4n) is 2.59. The number of carbonyl (C=O) groups is 1. The second kappa shape index (κ2) is 7.30. The average Bonchev–Trinajstić information content (AvgIpc) is 2.87. The first-order chi connectivity index (χ1) is 9.95. The summed E-state index contributed by atoms with van der Waals surface area (Å²) in [6, 6.07) is 5.33. The standard InChI is InChI=1S/C16H20Cl2N2O/c1-19(2)10-13-7-8-20(11-13)16(21)6-4-12-3-5-14(17)15(18)9-12/h3-6,9,13H,7-8,10-11H2,1-2H3. The fourth-order valence-corrected chi connectivity index (χ4v) is 2.89. The Morgan fingerprint density at radius 1 is 1.38 bits per heavy atom. The van der Waals surface area contributed by atoms with Gasteiger partial charge in [0.05, 0.1) is 10.0 Å². The van der Waals surface area contributed by atoms with Crippen LogP contribution in [-0.4, -0.2) is 49.4 Å². The van der Waals surface area contributed by atoms with Crippen LogP contribution in [-0.2, 0) is 4.79 Å². The zero-order valence-corrected chi connectivity index (χ0v) is 13.9. The molecule has 0 bridgehead atoms. The first-order valence-electron chi connectivity index (χ1n) is 7.02. The third-order valence-electron chi connectivity index (χ3n) is 3.58. The third-order valence-corrected chi connectivity index (χ3v) is 4.32. The van der Waals surface area contributed by atoms with Crippen molar-refractivity contribution in [3.05, 3.63) is 39.9 Å². The molecule has 1 aliphatic heterocycles. The van der Waals surface area contributed by atoms with Crippen LogP contribution in [0, 0.1) is 5.92 Å². The molecule has 1 aliphatic rings. The minimum Gasteiger partial charge on any atom is -0.339 e. The molecule has 1 unspecified atom stereocenters. The van der Waals surface area contributed by atoms with Crippen molar-refractivity contribution in [3.8, 4) is 0 Å². The number of likely N-dealkylation sites (tertiary alicyclic amines) is 1. The highest BCUT2D eigenvalue weighted by Crippen LogP contribution is 2.23. The number of amides is 1. The van der Waals surface area contributed by atoms with Crippen molar-refractivity contribution in [1.82, 2.24) is 9.80 Å². The third kappa shape index (κ3) is 4.73. The van der Waals surface area contributed by atoms with Gasteiger partial charge in [-0.1, -0.05) is 29.3 Å². The van der Waals surface area contributed by atoms with Crippen LogP contribution < -0.4 is 0 Å². The van der Waals surface area contributed by atoms with Crippen molar-refractivity contribution in [2.45, 2.75) is 6.42 Å². The lowest BCUT2D eigenvalue weighted by Gasteiger charge is -2.17. The van der Waals surface area contributed by atoms with Crippen LogP contribution in [0.5, 0.6) is 0 Å². The predicted molar refractivity (Wildman–Crippen MR) is 88.7 cm³/mol. The Hall–Kier alpha value is -1.03. The van der Waals surface area contributed by atoms with E-state index in [1.807, 2.05) is 11.0 Å². The van der Waals surface area contributed by atoms with E-state index in [0.717, 1.165) is 31.6 Å². The van der Waals surface area contributed by atoms with Gasteiger partial charge in [0.15, 0.2) is 0 Å². The van der Waals surface area contributed by atoms with Crippen LogP contribution in [0.3, 0.4) is 0 Å². The van der Waals surface area contributed by atoms with Gasteiger partial charge in [-0.25, -0.2) is 0 Å². The monoisotopic (exact) mass is 326 g/mol. The number of halogens is 2.